The van der Waals surface area contributed by atoms with Gasteiger partial charge in [-0.25, -0.2) is 12.7 Å². The van der Waals surface area contributed by atoms with Crippen LogP contribution in [0, 0.1) is 0 Å². The second kappa shape index (κ2) is 6.05. The van der Waals surface area contributed by atoms with Crippen molar-refractivity contribution in [3.05, 3.63) is 29.8 Å². The molecular formula is C9H16ClN3O2S. The molecule has 0 unspecified atom stereocenters. The maximum Gasteiger partial charge on any atom is 0.217 e. The fraction of sp³-hybridized carbons (Fsp3) is 0.333. The molecule has 0 spiro atoms. The second-order valence-corrected chi connectivity index (χ2v) is 5.56. The highest BCUT2D eigenvalue weighted by Crippen LogP contribution is 2.12. The van der Waals surface area contributed by atoms with Gasteiger partial charge < -0.3 is 5.43 Å². The molecule has 5 nitrogen and oxygen atoms in total. The van der Waals surface area contributed by atoms with Gasteiger partial charge in [0.2, 0.25) is 10.0 Å². The summed E-state index contributed by atoms with van der Waals surface area (Å²) in [4.78, 5) is 0. The van der Waals surface area contributed by atoms with Crippen LogP contribution in [0.4, 0.5) is 5.69 Å². The topological polar surface area (TPSA) is 75.4 Å². The summed E-state index contributed by atoms with van der Waals surface area (Å²) in [6, 6.07) is 6.94. The second-order valence-electron chi connectivity index (χ2n) is 3.38. The van der Waals surface area contributed by atoms with Gasteiger partial charge in [-0.15, -0.1) is 12.4 Å². The molecule has 1 rings (SSSR count). The van der Waals surface area contributed by atoms with Crippen LogP contribution in [0.2, 0.25) is 0 Å². The molecule has 0 amide bonds. The lowest BCUT2D eigenvalue weighted by Gasteiger charge is -2.11. The minimum Gasteiger partial charge on any atom is -0.324 e. The molecule has 0 aliphatic carbocycles. The normalized spacial score (nSPS) is 11.0. The molecule has 0 aliphatic rings. The van der Waals surface area contributed by atoms with Crippen LogP contribution in [0.1, 0.15) is 5.56 Å². The van der Waals surface area contributed by atoms with Crippen LogP contribution in [0.5, 0.6) is 0 Å². The Morgan fingerprint density at radius 3 is 2.12 bits per heavy atom. The lowest BCUT2D eigenvalue weighted by Crippen LogP contribution is -2.23. The number of hydrogen-bond acceptors (Lipinski definition) is 4. The Morgan fingerprint density at radius 2 is 1.75 bits per heavy atom. The number of hydrazine groups is 1. The van der Waals surface area contributed by atoms with E-state index in [9.17, 15) is 8.42 Å². The molecule has 0 saturated heterocycles. The van der Waals surface area contributed by atoms with Gasteiger partial charge >= 0.3 is 0 Å². The molecular weight excluding hydrogens is 250 g/mol. The van der Waals surface area contributed by atoms with E-state index in [4.69, 9.17) is 5.84 Å². The molecule has 0 heterocycles. The number of nitrogen functional groups attached to an aromatic ring is 1. The number of sulfonamides is 1. The zero-order valence-electron chi connectivity index (χ0n) is 9.17. The number of benzene rings is 1. The van der Waals surface area contributed by atoms with Crippen LogP contribution in [0.25, 0.3) is 0 Å². The maximum atomic E-state index is 11.5. The molecule has 7 heteroatoms. The number of nitrogens with zero attached hydrogens (tertiary/aromatic N) is 1. The first-order valence-electron chi connectivity index (χ1n) is 4.41. The van der Waals surface area contributed by atoms with Gasteiger partial charge in [-0.1, -0.05) is 12.1 Å². The molecule has 0 radical (unpaired) electrons. The highest BCUT2D eigenvalue weighted by Gasteiger charge is 2.13. The number of nitrogens with one attached hydrogen (secondary N) is 1. The van der Waals surface area contributed by atoms with Crippen molar-refractivity contribution in [3.63, 3.8) is 0 Å². The standard InChI is InChI=1S/C9H15N3O2S.ClH/c1-12(2)15(13,14)7-8-3-5-9(11-10)6-4-8;/h3-6,11H,7,10H2,1-2H3;1H. The molecule has 92 valence electrons. The Balaban J connectivity index is 0.00000225. The van der Waals surface area contributed by atoms with Crippen molar-refractivity contribution < 1.29 is 8.42 Å². The van der Waals surface area contributed by atoms with Gasteiger partial charge in [0.15, 0.2) is 0 Å². The monoisotopic (exact) mass is 265 g/mol. The van der Waals surface area contributed by atoms with Crippen LogP contribution < -0.4 is 11.3 Å². The van der Waals surface area contributed by atoms with E-state index in [1.807, 2.05) is 0 Å². The van der Waals surface area contributed by atoms with E-state index in [1.54, 1.807) is 24.3 Å². The Labute approximate surface area is 102 Å². The molecule has 3 N–H and O–H groups in total. The lowest BCUT2D eigenvalue weighted by molar-refractivity contribution is 0.520. The Morgan fingerprint density at radius 1 is 1.25 bits per heavy atom. The highest BCUT2D eigenvalue weighted by molar-refractivity contribution is 7.88. The molecule has 1 aromatic rings. The van der Waals surface area contributed by atoms with Crippen LogP contribution in [0.15, 0.2) is 24.3 Å². The van der Waals surface area contributed by atoms with Crippen LogP contribution in [0.3, 0.4) is 0 Å². The summed E-state index contributed by atoms with van der Waals surface area (Å²) in [5, 5.41) is 0. The van der Waals surface area contributed by atoms with Crippen LogP contribution >= 0.6 is 12.4 Å². The number of anilines is 1. The Bertz CT molecular complexity index is 417. The molecule has 0 aromatic heterocycles. The molecule has 0 bridgehead atoms. The number of nitrogens with two attached hydrogens (primary N) is 1. The van der Waals surface area contributed by atoms with Crippen LogP contribution in [-0.4, -0.2) is 26.8 Å². The van der Waals surface area contributed by atoms with Gasteiger partial charge in [0.1, 0.15) is 0 Å². The third kappa shape index (κ3) is 3.97. The molecule has 1 aromatic carbocycles. The van der Waals surface area contributed by atoms with Gasteiger partial charge in [-0.3, -0.25) is 5.84 Å². The van der Waals surface area contributed by atoms with E-state index in [-0.39, 0.29) is 18.2 Å². The summed E-state index contributed by atoms with van der Waals surface area (Å²) >= 11 is 0. The summed E-state index contributed by atoms with van der Waals surface area (Å²) < 4.78 is 24.3. The van der Waals surface area contributed by atoms with E-state index in [0.29, 0.717) is 0 Å². The predicted octanol–water partition coefficient (Wildman–Crippen LogP) is 0.785. The van der Waals surface area contributed by atoms with Crippen molar-refractivity contribution in [1.29, 1.82) is 0 Å². The van der Waals surface area contributed by atoms with Crippen molar-refractivity contribution >= 4 is 28.1 Å². The zero-order chi connectivity index (χ0) is 11.5. The largest absolute Gasteiger partial charge is 0.324 e. The number of rotatable bonds is 4. The zero-order valence-corrected chi connectivity index (χ0v) is 10.8. The fourth-order valence-electron chi connectivity index (χ4n) is 1.04. The average molecular weight is 266 g/mol. The van der Waals surface area contributed by atoms with E-state index in [1.165, 1.54) is 18.4 Å². The van der Waals surface area contributed by atoms with Crippen LogP contribution in [-0.2, 0) is 15.8 Å². The average Bonchev–Trinajstić information content (AvgIpc) is 2.18. The quantitative estimate of drug-likeness (QED) is 0.623. The maximum absolute atomic E-state index is 11.5. The minimum absolute atomic E-state index is 0. The van der Waals surface area contributed by atoms with Crippen molar-refractivity contribution in [1.82, 2.24) is 4.31 Å². The van der Waals surface area contributed by atoms with E-state index < -0.39 is 10.0 Å². The molecule has 16 heavy (non-hydrogen) atoms. The van der Waals surface area contributed by atoms with Gasteiger partial charge in [0.05, 0.1) is 5.75 Å². The summed E-state index contributed by atoms with van der Waals surface area (Å²) in [6.07, 6.45) is 0. The first kappa shape index (κ1) is 15.2. The number of hydrogen-bond donors (Lipinski definition) is 2. The van der Waals surface area contributed by atoms with Gasteiger partial charge in [0.25, 0.3) is 0 Å². The van der Waals surface area contributed by atoms with Crippen molar-refractivity contribution in [2.75, 3.05) is 19.5 Å². The first-order valence-corrected chi connectivity index (χ1v) is 6.02. The third-order valence-corrected chi connectivity index (χ3v) is 3.84. The van der Waals surface area contributed by atoms with E-state index in [0.717, 1.165) is 11.3 Å². The lowest BCUT2D eigenvalue weighted by atomic mass is 10.2. The van der Waals surface area contributed by atoms with Gasteiger partial charge in [-0.05, 0) is 17.7 Å². The van der Waals surface area contributed by atoms with Crippen molar-refractivity contribution in [2.24, 2.45) is 5.84 Å². The molecule has 0 saturated carbocycles. The van der Waals surface area contributed by atoms with Gasteiger partial charge in [0, 0.05) is 19.8 Å². The summed E-state index contributed by atoms with van der Waals surface area (Å²) in [7, 11) is -0.151. The smallest absolute Gasteiger partial charge is 0.217 e. The SMILES string of the molecule is CN(C)S(=O)(=O)Cc1ccc(NN)cc1.Cl. The number of halogens is 1. The third-order valence-electron chi connectivity index (χ3n) is 2.03. The molecule has 0 atom stereocenters. The highest BCUT2D eigenvalue weighted by atomic mass is 35.5. The summed E-state index contributed by atoms with van der Waals surface area (Å²) in [6.45, 7) is 0. The predicted molar refractivity (Wildman–Crippen MR) is 67.8 cm³/mol. The van der Waals surface area contributed by atoms with E-state index in [2.05, 4.69) is 5.43 Å². The Hall–Kier alpha value is -0.820. The summed E-state index contributed by atoms with van der Waals surface area (Å²) in [5.74, 6) is 5.20. The fourth-order valence-corrected chi connectivity index (χ4v) is 1.91. The molecule has 0 fully saturated rings. The summed E-state index contributed by atoms with van der Waals surface area (Å²) in [5.41, 5.74) is 3.97. The van der Waals surface area contributed by atoms with Crippen molar-refractivity contribution in [2.45, 2.75) is 5.75 Å². The first-order chi connectivity index (χ1) is 6.95. The van der Waals surface area contributed by atoms with Crippen molar-refractivity contribution in [3.8, 4) is 0 Å². The van der Waals surface area contributed by atoms with Gasteiger partial charge in [-0.2, -0.15) is 0 Å². The molecule has 0 aliphatic heterocycles. The van der Waals surface area contributed by atoms with E-state index >= 15 is 0 Å². The Kier molecular flexibility index (Phi) is 5.74. The minimum atomic E-state index is -3.19.